The molecule has 1 unspecified atom stereocenters. The van der Waals surface area contributed by atoms with Crippen molar-refractivity contribution in [2.75, 3.05) is 11.9 Å². The van der Waals surface area contributed by atoms with E-state index < -0.39 is 0 Å². The minimum Gasteiger partial charge on any atom is -0.383 e. The van der Waals surface area contributed by atoms with Crippen LogP contribution in [0.15, 0.2) is 22.7 Å². The van der Waals surface area contributed by atoms with E-state index in [0.29, 0.717) is 11.6 Å². The van der Waals surface area contributed by atoms with E-state index in [9.17, 15) is 0 Å². The molecular weight excluding hydrogens is 263 g/mol. The van der Waals surface area contributed by atoms with Crippen LogP contribution in [0, 0.1) is 17.2 Å². The van der Waals surface area contributed by atoms with E-state index in [2.05, 4.69) is 27.3 Å². The summed E-state index contributed by atoms with van der Waals surface area (Å²) in [4.78, 5) is 0. The highest BCUT2D eigenvalue weighted by molar-refractivity contribution is 9.10. The van der Waals surface area contributed by atoms with Gasteiger partial charge in [0.25, 0.3) is 0 Å². The Hall–Kier alpha value is -0.720. The maximum atomic E-state index is 8.60. The van der Waals surface area contributed by atoms with E-state index in [1.165, 1.54) is 0 Å². The van der Waals surface area contributed by atoms with Crippen molar-refractivity contribution < 1.29 is 0 Å². The van der Waals surface area contributed by atoms with Crippen molar-refractivity contribution in [1.29, 1.82) is 5.26 Å². The van der Waals surface area contributed by atoms with Gasteiger partial charge in [0.15, 0.2) is 0 Å². The van der Waals surface area contributed by atoms with Crippen LogP contribution in [-0.2, 0) is 0 Å². The molecular formula is C10H10BrClN2. The van der Waals surface area contributed by atoms with Crippen molar-refractivity contribution in [2.45, 2.75) is 6.92 Å². The van der Waals surface area contributed by atoms with Gasteiger partial charge in [-0.05, 0) is 25.1 Å². The SMILES string of the molecule is CC(C#N)CNc1cc(Br)ccc1Cl. The molecule has 1 atom stereocenters. The maximum Gasteiger partial charge on any atom is 0.0671 e. The van der Waals surface area contributed by atoms with Crippen molar-refractivity contribution in [2.24, 2.45) is 5.92 Å². The standard InChI is InChI=1S/C10H10BrClN2/c1-7(5-13)6-14-10-4-8(11)2-3-9(10)12/h2-4,7,14H,6H2,1H3. The molecule has 1 rings (SSSR count). The number of anilines is 1. The molecule has 0 spiro atoms. The monoisotopic (exact) mass is 272 g/mol. The molecule has 0 fully saturated rings. The highest BCUT2D eigenvalue weighted by Crippen LogP contribution is 2.25. The molecule has 0 bridgehead atoms. The van der Waals surface area contributed by atoms with Gasteiger partial charge in [-0.15, -0.1) is 0 Å². The molecule has 0 saturated carbocycles. The number of benzene rings is 1. The molecule has 0 radical (unpaired) electrons. The van der Waals surface area contributed by atoms with E-state index in [1.54, 1.807) is 0 Å². The number of hydrogen-bond donors (Lipinski definition) is 1. The molecule has 4 heteroatoms. The summed E-state index contributed by atoms with van der Waals surface area (Å²) in [5.74, 6) is -0.0231. The Morgan fingerprint density at radius 2 is 2.36 bits per heavy atom. The van der Waals surface area contributed by atoms with Crippen molar-refractivity contribution >= 4 is 33.2 Å². The predicted octanol–water partition coefficient (Wildman–Crippen LogP) is 3.67. The average Bonchev–Trinajstić information content (AvgIpc) is 2.19. The first kappa shape index (κ1) is 11.4. The molecule has 0 aliphatic heterocycles. The molecule has 0 aromatic heterocycles. The van der Waals surface area contributed by atoms with Gasteiger partial charge in [0, 0.05) is 11.0 Å². The molecule has 2 nitrogen and oxygen atoms in total. The Morgan fingerprint density at radius 3 is 3.00 bits per heavy atom. The van der Waals surface area contributed by atoms with Gasteiger partial charge in [-0.1, -0.05) is 27.5 Å². The van der Waals surface area contributed by atoms with E-state index in [0.717, 1.165) is 10.2 Å². The quantitative estimate of drug-likeness (QED) is 0.912. The van der Waals surface area contributed by atoms with Crippen LogP contribution in [0.5, 0.6) is 0 Å². The summed E-state index contributed by atoms with van der Waals surface area (Å²) in [5, 5.41) is 12.4. The minimum atomic E-state index is -0.0231. The minimum absolute atomic E-state index is 0.0231. The van der Waals surface area contributed by atoms with Gasteiger partial charge in [0.1, 0.15) is 0 Å². The Bertz CT molecular complexity index is 360. The lowest BCUT2D eigenvalue weighted by atomic mass is 10.2. The number of rotatable bonds is 3. The summed E-state index contributed by atoms with van der Waals surface area (Å²) in [6, 6.07) is 7.73. The lowest BCUT2D eigenvalue weighted by Gasteiger charge is -2.09. The number of nitriles is 1. The average molecular weight is 274 g/mol. The zero-order chi connectivity index (χ0) is 10.6. The molecule has 1 aromatic rings. The summed E-state index contributed by atoms with van der Waals surface area (Å²) in [7, 11) is 0. The first-order chi connectivity index (χ1) is 6.63. The van der Waals surface area contributed by atoms with Crippen molar-refractivity contribution in [3.63, 3.8) is 0 Å². The molecule has 1 aromatic carbocycles. The van der Waals surface area contributed by atoms with Gasteiger partial charge in [-0.3, -0.25) is 0 Å². The summed E-state index contributed by atoms with van der Waals surface area (Å²) >= 11 is 9.31. The lowest BCUT2D eigenvalue weighted by Crippen LogP contribution is -2.09. The van der Waals surface area contributed by atoms with Crippen LogP contribution in [0.1, 0.15) is 6.92 Å². The molecule has 74 valence electrons. The number of nitrogens with zero attached hydrogens (tertiary/aromatic N) is 1. The summed E-state index contributed by atoms with van der Waals surface area (Å²) < 4.78 is 0.967. The summed E-state index contributed by atoms with van der Waals surface area (Å²) in [5.41, 5.74) is 0.850. The van der Waals surface area contributed by atoms with E-state index in [-0.39, 0.29) is 5.92 Å². The van der Waals surface area contributed by atoms with Crippen LogP contribution < -0.4 is 5.32 Å². The summed E-state index contributed by atoms with van der Waals surface area (Å²) in [6.07, 6.45) is 0. The predicted molar refractivity (Wildman–Crippen MR) is 62.4 cm³/mol. The molecule has 0 amide bonds. The second kappa shape index (κ2) is 5.23. The van der Waals surface area contributed by atoms with Crippen LogP contribution in [0.3, 0.4) is 0 Å². The first-order valence-corrected chi connectivity index (χ1v) is 5.39. The van der Waals surface area contributed by atoms with Crippen LogP contribution in [-0.4, -0.2) is 6.54 Å². The highest BCUT2D eigenvalue weighted by Gasteiger charge is 2.03. The second-order valence-corrected chi connectivity index (χ2v) is 4.36. The molecule has 0 aliphatic carbocycles. The van der Waals surface area contributed by atoms with Gasteiger partial charge in [0.05, 0.1) is 22.7 Å². The first-order valence-electron chi connectivity index (χ1n) is 4.22. The Balaban J connectivity index is 2.67. The topological polar surface area (TPSA) is 35.8 Å². The van der Waals surface area contributed by atoms with Crippen LogP contribution in [0.25, 0.3) is 0 Å². The number of nitrogens with one attached hydrogen (secondary N) is 1. The van der Waals surface area contributed by atoms with Crippen molar-refractivity contribution in [3.8, 4) is 6.07 Å². The van der Waals surface area contributed by atoms with E-state index in [4.69, 9.17) is 16.9 Å². The number of hydrogen-bond acceptors (Lipinski definition) is 2. The zero-order valence-corrected chi connectivity index (χ0v) is 10.1. The van der Waals surface area contributed by atoms with E-state index in [1.807, 2.05) is 25.1 Å². The normalized spacial score (nSPS) is 11.9. The number of halogens is 2. The summed E-state index contributed by atoms with van der Waals surface area (Å²) in [6.45, 7) is 2.46. The third-order valence-electron chi connectivity index (χ3n) is 1.75. The largest absolute Gasteiger partial charge is 0.383 e. The molecule has 0 heterocycles. The zero-order valence-electron chi connectivity index (χ0n) is 7.72. The maximum absolute atomic E-state index is 8.60. The lowest BCUT2D eigenvalue weighted by molar-refractivity contribution is 0.786. The van der Waals surface area contributed by atoms with E-state index >= 15 is 0 Å². The van der Waals surface area contributed by atoms with Gasteiger partial charge in [0.2, 0.25) is 0 Å². The Morgan fingerprint density at radius 1 is 1.64 bits per heavy atom. The fourth-order valence-corrected chi connectivity index (χ4v) is 1.49. The molecule has 0 saturated heterocycles. The fraction of sp³-hybridized carbons (Fsp3) is 0.300. The van der Waals surface area contributed by atoms with Gasteiger partial charge < -0.3 is 5.32 Å². The molecule has 0 aliphatic rings. The van der Waals surface area contributed by atoms with Gasteiger partial charge >= 0.3 is 0 Å². The fourth-order valence-electron chi connectivity index (χ4n) is 0.942. The van der Waals surface area contributed by atoms with Gasteiger partial charge in [-0.2, -0.15) is 5.26 Å². The van der Waals surface area contributed by atoms with Crippen LogP contribution >= 0.6 is 27.5 Å². The molecule has 1 N–H and O–H groups in total. The van der Waals surface area contributed by atoms with Crippen molar-refractivity contribution in [1.82, 2.24) is 0 Å². The van der Waals surface area contributed by atoms with Crippen molar-refractivity contribution in [3.05, 3.63) is 27.7 Å². The van der Waals surface area contributed by atoms with Crippen LogP contribution in [0.4, 0.5) is 5.69 Å². The Labute approximate surface area is 97.0 Å². The smallest absolute Gasteiger partial charge is 0.0671 e. The van der Waals surface area contributed by atoms with Crippen LogP contribution in [0.2, 0.25) is 5.02 Å². The third kappa shape index (κ3) is 3.21. The third-order valence-corrected chi connectivity index (χ3v) is 2.57. The highest BCUT2D eigenvalue weighted by atomic mass is 79.9. The van der Waals surface area contributed by atoms with Gasteiger partial charge in [-0.25, -0.2) is 0 Å². The second-order valence-electron chi connectivity index (χ2n) is 3.04. The Kier molecular flexibility index (Phi) is 4.24. The molecule has 14 heavy (non-hydrogen) atoms.